The molecule has 0 radical (unpaired) electrons. The van der Waals surface area contributed by atoms with Gasteiger partial charge in [0, 0.05) is 12.4 Å². The lowest BCUT2D eigenvalue weighted by Crippen LogP contribution is -2.04. The minimum absolute atomic E-state index is 0.585. The Labute approximate surface area is 88.8 Å². The molecule has 1 aromatic heterocycles. The number of imidazole rings is 1. The molecule has 2 rings (SSSR count). The van der Waals surface area contributed by atoms with E-state index in [1.54, 1.807) is 12.4 Å². The van der Waals surface area contributed by atoms with Crippen LogP contribution in [-0.4, -0.2) is 15.1 Å². The number of nitrogens with one attached hydrogen (secondary N) is 1. The van der Waals surface area contributed by atoms with Gasteiger partial charge in [-0.3, -0.25) is 0 Å². The first-order chi connectivity index (χ1) is 7.18. The Balaban J connectivity index is 2.38. The highest BCUT2D eigenvalue weighted by Gasteiger charge is 2.14. The molecule has 0 bridgehead atoms. The predicted molar refractivity (Wildman–Crippen MR) is 58.6 cm³/mol. The van der Waals surface area contributed by atoms with Crippen molar-refractivity contribution in [1.82, 2.24) is 9.97 Å². The molecule has 3 nitrogen and oxygen atoms in total. The molecule has 0 aliphatic heterocycles. The van der Waals surface area contributed by atoms with Crippen LogP contribution in [-0.2, 0) is 0 Å². The monoisotopic (exact) mass is 202 g/mol. The topological polar surface area (TPSA) is 48.9 Å². The zero-order chi connectivity index (χ0) is 10.8. The number of aliphatic hydroxyl groups excluding tert-OH is 1. The zero-order valence-electron chi connectivity index (χ0n) is 8.86. The van der Waals surface area contributed by atoms with Crippen molar-refractivity contribution in [3.63, 3.8) is 0 Å². The summed E-state index contributed by atoms with van der Waals surface area (Å²) in [6.07, 6.45) is 2.69. The predicted octanol–water partition coefficient (Wildman–Crippen LogP) is 2.11. The van der Waals surface area contributed by atoms with Gasteiger partial charge in [0.15, 0.2) is 0 Å². The standard InChI is InChI=1S/C12H14N2O/c1-8-3-4-10(9(2)7-8)11(15)12-13-5-6-14-12/h3-7,11,15H,1-2H3,(H,13,14). The first-order valence-corrected chi connectivity index (χ1v) is 4.93. The number of nitrogens with zero attached hydrogens (tertiary/aromatic N) is 1. The van der Waals surface area contributed by atoms with Gasteiger partial charge >= 0.3 is 0 Å². The van der Waals surface area contributed by atoms with Gasteiger partial charge in [-0.25, -0.2) is 4.98 Å². The summed E-state index contributed by atoms with van der Waals surface area (Å²) >= 11 is 0. The Kier molecular flexibility index (Phi) is 2.56. The van der Waals surface area contributed by atoms with E-state index in [0.717, 1.165) is 11.1 Å². The van der Waals surface area contributed by atoms with Crippen LogP contribution >= 0.6 is 0 Å². The molecule has 0 saturated heterocycles. The summed E-state index contributed by atoms with van der Waals surface area (Å²) in [7, 11) is 0. The van der Waals surface area contributed by atoms with E-state index < -0.39 is 6.10 Å². The SMILES string of the molecule is Cc1ccc(C(O)c2ncc[nH]2)c(C)c1. The van der Waals surface area contributed by atoms with E-state index in [-0.39, 0.29) is 0 Å². The summed E-state index contributed by atoms with van der Waals surface area (Å²) in [5.41, 5.74) is 3.18. The third-order valence-corrected chi connectivity index (χ3v) is 2.50. The fraction of sp³-hybridized carbons (Fsp3) is 0.250. The van der Waals surface area contributed by atoms with Crippen molar-refractivity contribution >= 4 is 0 Å². The van der Waals surface area contributed by atoms with Gasteiger partial charge < -0.3 is 10.1 Å². The van der Waals surface area contributed by atoms with Gasteiger partial charge in [-0.15, -0.1) is 0 Å². The average Bonchev–Trinajstić information content (AvgIpc) is 2.69. The van der Waals surface area contributed by atoms with Gasteiger partial charge in [-0.05, 0) is 25.0 Å². The van der Waals surface area contributed by atoms with Gasteiger partial charge in [-0.1, -0.05) is 23.8 Å². The second-order valence-electron chi connectivity index (χ2n) is 3.74. The molecule has 0 aliphatic carbocycles. The van der Waals surface area contributed by atoms with E-state index in [2.05, 4.69) is 16.0 Å². The van der Waals surface area contributed by atoms with E-state index in [9.17, 15) is 5.11 Å². The molecular formula is C12H14N2O. The van der Waals surface area contributed by atoms with Crippen molar-refractivity contribution in [2.75, 3.05) is 0 Å². The lowest BCUT2D eigenvalue weighted by atomic mass is 10.0. The Hall–Kier alpha value is -1.61. The van der Waals surface area contributed by atoms with E-state index in [0.29, 0.717) is 5.82 Å². The molecule has 78 valence electrons. The molecule has 1 atom stereocenters. The van der Waals surface area contributed by atoms with Crippen LogP contribution in [0.3, 0.4) is 0 Å². The van der Waals surface area contributed by atoms with E-state index in [4.69, 9.17) is 0 Å². The second-order valence-corrected chi connectivity index (χ2v) is 3.74. The Morgan fingerprint density at radius 2 is 2.13 bits per heavy atom. The van der Waals surface area contributed by atoms with E-state index in [1.807, 2.05) is 26.0 Å². The molecule has 3 heteroatoms. The molecule has 0 fully saturated rings. The minimum atomic E-state index is -0.666. The molecule has 1 heterocycles. The minimum Gasteiger partial charge on any atom is -0.380 e. The maximum atomic E-state index is 10.1. The highest BCUT2D eigenvalue weighted by molar-refractivity contribution is 5.34. The van der Waals surface area contributed by atoms with Gasteiger partial charge in [0.05, 0.1) is 0 Å². The number of aryl methyl sites for hydroxylation is 2. The summed E-state index contributed by atoms with van der Waals surface area (Å²) < 4.78 is 0. The first kappa shape index (κ1) is 9.93. The second kappa shape index (κ2) is 3.87. The maximum absolute atomic E-state index is 10.1. The van der Waals surface area contributed by atoms with Gasteiger partial charge in [0.2, 0.25) is 0 Å². The largest absolute Gasteiger partial charge is 0.380 e. The highest BCUT2D eigenvalue weighted by Crippen LogP contribution is 2.22. The van der Waals surface area contributed by atoms with Gasteiger partial charge in [0.1, 0.15) is 11.9 Å². The molecule has 0 aliphatic rings. The number of H-pyrrole nitrogens is 1. The summed E-state index contributed by atoms with van der Waals surface area (Å²) in [6.45, 7) is 4.03. The van der Waals surface area contributed by atoms with Crippen LogP contribution in [0.15, 0.2) is 30.6 Å². The normalized spacial score (nSPS) is 12.7. The smallest absolute Gasteiger partial charge is 0.139 e. The van der Waals surface area contributed by atoms with Crippen molar-refractivity contribution in [3.05, 3.63) is 53.1 Å². The number of aromatic amines is 1. The zero-order valence-corrected chi connectivity index (χ0v) is 8.86. The fourth-order valence-electron chi connectivity index (χ4n) is 1.71. The number of aromatic nitrogens is 2. The molecule has 2 aromatic rings. The van der Waals surface area contributed by atoms with Crippen molar-refractivity contribution in [1.29, 1.82) is 0 Å². The number of aliphatic hydroxyl groups is 1. The Morgan fingerprint density at radius 1 is 1.33 bits per heavy atom. The molecule has 0 amide bonds. The average molecular weight is 202 g/mol. The lowest BCUT2D eigenvalue weighted by molar-refractivity contribution is 0.210. The number of hydrogen-bond acceptors (Lipinski definition) is 2. The molecule has 1 unspecified atom stereocenters. The van der Waals surface area contributed by atoms with E-state index in [1.165, 1.54) is 5.56 Å². The lowest BCUT2D eigenvalue weighted by Gasteiger charge is -2.11. The Morgan fingerprint density at radius 3 is 2.73 bits per heavy atom. The van der Waals surface area contributed by atoms with Gasteiger partial charge in [-0.2, -0.15) is 0 Å². The number of benzene rings is 1. The van der Waals surface area contributed by atoms with Crippen molar-refractivity contribution in [2.24, 2.45) is 0 Å². The third kappa shape index (κ3) is 1.92. The Bertz CT molecular complexity index is 449. The quantitative estimate of drug-likeness (QED) is 0.783. The van der Waals surface area contributed by atoms with Crippen LogP contribution in [0.2, 0.25) is 0 Å². The third-order valence-electron chi connectivity index (χ3n) is 2.50. The van der Waals surface area contributed by atoms with Crippen LogP contribution in [0.25, 0.3) is 0 Å². The maximum Gasteiger partial charge on any atom is 0.139 e. The van der Waals surface area contributed by atoms with E-state index >= 15 is 0 Å². The molecule has 15 heavy (non-hydrogen) atoms. The van der Waals surface area contributed by atoms with Crippen LogP contribution in [0.4, 0.5) is 0 Å². The number of rotatable bonds is 2. The highest BCUT2D eigenvalue weighted by atomic mass is 16.3. The molecular weight excluding hydrogens is 188 g/mol. The molecule has 0 saturated carbocycles. The summed E-state index contributed by atoms with van der Waals surface area (Å²) in [6, 6.07) is 5.99. The molecule has 1 aromatic carbocycles. The van der Waals surface area contributed by atoms with Crippen LogP contribution in [0.1, 0.15) is 28.6 Å². The molecule has 0 spiro atoms. The van der Waals surface area contributed by atoms with Gasteiger partial charge in [0.25, 0.3) is 0 Å². The summed E-state index contributed by atoms with van der Waals surface area (Å²) in [4.78, 5) is 6.97. The fourth-order valence-corrected chi connectivity index (χ4v) is 1.71. The molecule has 2 N–H and O–H groups in total. The summed E-state index contributed by atoms with van der Waals surface area (Å²) in [5, 5.41) is 10.1. The van der Waals surface area contributed by atoms with Crippen molar-refractivity contribution in [3.8, 4) is 0 Å². The van der Waals surface area contributed by atoms with Crippen molar-refractivity contribution < 1.29 is 5.11 Å². The van der Waals surface area contributed by atoms with Crippen LogP contribution in [0, 0.1) is 13.8 Å². The van der Waals surface area contributed by atoms with Crippen LogP contribution < -0.4 is 0 Å². The number of hydrogen-bond donors (Lipinski definition) is 2. The first-order valence-electron chi connectivity index (χ1n) is 4.93. The van der Waals surface area contributed by atoms with Crippen molar-refractivity contribution in [2.45, 2.75) is 20.0 Å². The summed E-state index contributed by atoms with van der Waals surface area (Å²) in [5.74, 6) is 0.585. The van der Waals surface area contributed by atoms with Crippen LogP contribution in [0.5, 0.6) is 0 Å².